The van der Waals surface area contributed by atoms with E-state index in [0.29, 0.717) is 12.0 Å². The van der Waals surface area contributed by atoms with Crippen LogP contribution in [-0.4, -0.2) is 28.7 Å². The molecule has 1 atom stereocenters. The van der Waals surface area contributed by atoms with Gasteiger partial charge in [0.1, 0.15) is 0 Å². The van der Waals surface area contributed by atoms with Crippen LogP contribution in [-0.2, 0) is 16.0 Å². The van der Waals surface area contributed by atoms with Gasteiger partial charge in [-0.2, -0.15) is 0 Å². The van der Waals surface area contributed by atoms with Gasteiger partial charge in [0.25, 0.3) is 5.69 Å². The normalized spacial score (nSPS) is 12.1. The van der Waals surface area contributed by atoms with E-state index >= 15 is 0 Å². The van der Waals surface area contributed by atoms with Crippen molar-refractivity contribution in [2.24, 2.45) is 0 Å². The molecule has 92 valence electrons. The van der Waals surface area contributed by atoms with Gasteiger partial charge >= 0.3 is 5.97 Å². The number of nitro groups is 1. The van der Waals surface area contributed by atoms with E-state index in [1.54, 1.807) is 18.2 Å². The van der Waals surface area contributed by atoms with Crippen LogP contribution in [0.5, 0.6) is 0 Å². The van der Waals surface area contributed by atoms with Gasteiger partial charge in [-0.3, -0.25) is 10.1 Å². The fourth-order valence-corrected chi connectivity index (χ4v) is 1.32. The van der Waals surface area contributed by atoms with Crippen LogP contribution in [0.1, 0.15) is 12.5 Å². The van der Waals surface area contributed by atoms with E-state index in [2.05, 4.69) is 0 Å². The van der Waals surface area contributed by atoms with Gasteiger partial charge in [-0.05, 0) is 6.92 Å². The molecule has 0 amide bonds. The fourth-order valence-electron chi connectivity index (χ4n) is 1.32. The molecular weight excluding hydrogens is 226 g/mol. The monoisotopic (exact) mass is 239 g/mol. The first-order chi connectivity index (χ1) is 8.02. The topological polar surface area (TPSA) is 89.7 Å². The summed E-state index contributed by atoms with van der Waals surface area (Å²) in [6.07, 6.45) is -0.591. The highest BCUT2D eigenvalue weighted by Crippen LogP contribution is 2.18. The highest BCUT2D eigenvalue weighted by Gasteiger charge is 2.14. The van der Waals surface area contributed by atoms with E-state index < -0.39 is 17.0 Å². The molecule has 0 aliphatic carbocycles. The van der Waals surface area contributed by atoms with Crippen molar-refractivity contribution < 1.29 is 19.6 Å². The third-order valence-corrected chi connectivity index (χ3v) is 2.28. The lowest BCUT2D eigenvalue weighted by molar-refractivity contribution is -0.385. The standard InChI is InChI=1S/C11H13NO5/c1-8(11(13)14)17-7-6-9-4-2-3-5-10(9)12(15)16/h2-5,8H,6-7H2,1H3,(H,13,14). The maximum absolute atomic E-state index is 10.7. The zero-order chi connectivity index (χ0) is 12.8. The van der Waals surface area contributed by atoms with Crippen LogP contribution < -0.4 is 0 Å². The van der Waals surface area contributed by atoms with Crippen molar-refractivity contribution in [1.82, 2.24) is 0 Å². The number of ether oxygens (including phenoxy) is 1. The number of hydrogen-bond donors (Lipinski definition) is 1. The summed E-state index contributed by atoms with van der Waals surface area (Å²) in [6.45, 7) is 1.56. The number of carboxylic acids is 1. The SMILES string of the molecule is CC(OCCc1ccccc1[N+](=O)[O-])C(=O)O. The maximum Gasteiger partial charge on any atom is 0.332 e. The Balaban J connectivity index is 2.58. The number of carboxylic acid groups (broad SMARTS) is 1. The molecular formula is C11H13NO5. The van der Waals surface area contributed by atoms with E-state index in [1.165, 1.54) is 13.0 Å². The van der Waals surface area contributed by atoms with Gasteiger partial charge in [0.15, 0.2) is 6.10 Å². The van der Waals surface area contributed by atoms with E-state index in [4.69, 9.17) is 9.84 Å². The Morgan fingerprint density at radius 2 is 2.18 bits per heavy atom. The predicted octanol–water partition coefficient (Wildman–Crippen LogP) is 1.63. The molecule has 1 aromatic carbocycles. The molecule has 0 radical (unpaired) electrons. The molecule has 1 rings (SSSR count). The molecule has 0 aromatic heterocycles. The molecule has 1 aromatic rings. The minimum atomic E-state index is -1.05. The summed E-state index contributed by atoms with van der Waals surface area (Å²) in [4.78, 5) is 20.7. The quantitative estimate of drug-likeness (QED) is 0.601. The molecule has 0 fully saturated rings. The molecule has 1 unspecified atom stereocenters. The van der Waals surface area contributed by atoms with E-state index in [-0.39, 0.29) is 12.3 Å². The first-order valence-electron chi connectivity index (χ1n) is 5.09. The number of nitro benzene ring substituents is 1. The first-order valence-corrected chi connectivity index (χ1v) is 5.09. The van der Waals surface area contributed by atoms with Crippen molar-refractivity contribution in [3.63, 3.8) is 0 Å². The average molecular weight is 239 g/mol. The lowest BCUT2D eigenvalue weighted by Crippen LogP contribution is -2.21. The van der Waals surface area contributed by atoms with Gasteiger partial charge in [0.2, 0.25) is 0 Å². The highest BCUT2D eigenvalue weighted by atomic mass is 16.6. The Hall–Kier alpha value is -1.95. The Morgan fingerprint density at radius 1 is 1.53 bits per heavy atom. The van der Waals surface area contributed by atoms with E-state index in [9.17, 15) is 14.9 Å². The van der Waals surface area contributed by atoms with Crippen LogP contribution in [0.3, 0.4) is 0 Å². The van der Waals surface area contributed by atoms with Crippen LogP contribution in [0.4, 0.5) is 5.69 Å². The van der Waals surface area contributed by atoms with Crippen molar-refractivity contribution in [3.8, 4) is 0 Å². The zero-order valence-electron chi connectivity index (χ0n) is 9.33. The van der Waals surface area contributed by atoms with Crippen LogP contribution in [0.25, 0.3) is 0 Å². The van der Waals surface area contributed by atoms with Gasteiger partial charge in [0.05, 0.1) is 11.5 Å². The van der Waals surface area contributed by atoms with Crippen LogP contribution in [0.15, 0.2) is 24.3 Å². The molecule has 0 saturated heterocycles. The molecule has 1 N–H and O–H groups in total. The molecule has 0 bridgehead atoms. The Morgan fingerprint density at radius 3 is 2.76 bits per heavy atom. The molecule has 0 aliphatic rings. The number of carbonyl (C=O) groups is 1. The number of aliphatic carboxylic acids is 1. The number of para-hydroxylation sites is 1. The number of nitrogens with zero attached hydrogens (tertiary/aromatic N) is 1. The van der Waals surface area contributed by atoms with E-state index in [1.807, 2.05) is 0 Å². The molecule has 0 heterocycles. The minimum Gasteiger partial charge on any atom is -0.479 e. The van der Waals surface area contributed by atoms with Crippen LogP contribution in [0, 0.1) is 10.1 Å². The average Bonchev–Trinajstić information content (AvgIpc) is 2.29. The summed E-state index contributed by atoms with van der Waals surface area (Å²) >= 11 is 0. The third-order valence-electron chi connectivity index (χ3n) is 2.28. The summed E-state index contributed by atoms with van der Waals surface area (Å²) in [7, 11) is 0. The smallest absolute Gasteiger partial charge is 0.332 e. The van der Waals surface area contributed by atoms with Gasteiger partial charge < -0.3 is 9.84 Å². The first kappa shape index (κ1) is 13.1. The molecule has 6 heteroatoms. The van der Waals surface area contributed by atoms with Gasteiger partial charge in [0, 0.05) is 18.1 Å². The van der Waals surface area contributed by atoms with Gasteiger partial charge in [-0.15, -0.1) is 0 Å². The molecule has 0 aliphatic heterocycles. The van der Waals surface area contributed by atoms with Gasteiger partial charge in [-0.25, -0.2) is 4.79 Å². The summed E-state index contributed by atoms with van der Waals surface area (Å²) in [5.74, 6) is -1.05. The number of rotatable bonds is 6. The van der Waals surface area contributed by atoms with Crippen LogP contribution >= 0.6 is 0 Å². The Labute approximate surface area is 98.0 Å². The van der Waals surface area contributed by atoms with Gasteiger partial charge in [-0.1, -0.05) is 18.2 Å². The lowest BCUT2D eigenvalue weighted by atomic mass is 10.1. The molecule has 17 heavy (non-hydrogen) atoms. The summed E-state index contributed by atoms with van der Waals surface area (Å²) in [6, 6.07) is 6.33. The Bertz CT molecular complexity index is 418. The van der Waals surface area contributed by atoms with Crippen molar-refractivity contribution >= 4 is 11.7 Å². The second-order valence-electron chi connectivity index (χ2n) is 3.49. The second-order valence-corrected chi connectivity index (χ2v) is 3.49. The van der Waals surface area contributed by atoms with Crippen LogP contribution in [0.2, 0.25) is 0 Å². The molecule has 0 spiro atoms. The van der Waals surface area contributed by atoms with Crippen molar-refractivity contribution in [2.75, 3.05) is 6.61 Å². The highest BCUT2D eigenvalue weighted by molar-refractivity contribution is 5.71. The molecule has 0 saturated carbocycles. The number of hydrogen-bond acceptors (Lipinski definition) is 4. The molecule has 6 nitrogen and oxygen atoms in total. The van der Waals surface area contributed by atoms with E-state index in [0.717, 1.165) is 0 Å². The third kappa shape index (κ3) is 3.84. The summed E-state index contributed by atoms with van der Waals surface area (Å²) in [5, 5.41) is 19.3. The van der Waals surface area contributed by atoms with Crippen molar-refractivity contribution in [1.29, 1.82) is 0 Å². The summed E-state index contributed by atoms with van der Waals surface area (Å²) in [5.41, 5.74) is 0.564. The minimum absolute atomic E-state index is 0.0269. The fraction of sp³-hybridized carbons (Fsp3) is 0.364. The predicted molar refractivity (Wildman–Crippen MR) is 59.9 cm³/mol. The zero-order valence-corrected chi connectivity index (χ0v) is 9.33. The van der Waals surface area contributed by atoms with Crippen molar-refractivity contribution in [3.05, 3.63) is 39.9 Å². The Kier molecular flexibility index (Phi) is 4.59. The second kappa shape index (κ2) is 5.95. The van der Waals surface area contributed by atoms with Crippen molar-refractivity contribution in [2.45, 2.75) is 19.4 Å². The number of benzene rings is 1. The maximum atomic E-state index is 10.7. The summed E-state index contributed by atoms with van der Waals surface area (Å²) < 4.78 is 5.02. The largest absolute Gasteiger partial charge is 0.479 e. The lowest BCUT2D eigenvalue weighted by Gasteiger charge is -2.08.